The van der Waals surface area contributed by atoms with Crippen LogP contribution in [0.1, 0.15) is 30.0 Å². The number of amides is 2. The van der Waals surface area contributed by atoms with Gasteiger partial charge in [-0.05, 0) is 37.5 Å². The zero-order chi connectivity index (χ0) is 12.6. The number of carbonyl (C=O) groups excluding carboxylic acids is 2. The van der Waals surface area contributed by atoms with Crippen LogP contribution >= 0.6 is 0 Å². The number of rotatable bonds is 1. The van der Waals surface area contributed by atoms with Crippen molar-refractivity contribution in [3.8, 4) is 0 Å². The Kier molecular flexibility index (Phi) is 2.84. The fourth-order valence-corrected chi connectivity index (χ4v) is 2.19. The first-order chi connectivity index (χ1) is 7.99. The van der Waals surface area contributed by atoms with E-state index in [1.807, 2.05) is 32.9 Å². The molecule has 0 aromatic heterocycles. The van der Waals surface area contributed by atoms with Crippen LogP contribution in [0.5, 0.6) is 0 Å². The Labute approximate surface area is 101 Å². The summed E-state index contributed by atoms with van der Waals surface area (Å²) in [7, 11) is 0. The Morgan fingerprint density at radius 2 is 1.94 bits per heavy atom. The van der Waals surface area contributed by atoms with E-state index in [1.165, 1.54) is 5.56 Å². The van der Waals surface area contributed by atoms with Crippen molar-refractivity contribution in [2.45, 2.75) is 27.2 Å². The lowest BCUT2D eigenvalue weighted by Crippen LogP contribution is -2.19. The molecule has 1 saturated heterocycles. The fourth-order valence-electron chi connectivity index (χ4n) is 2.19. The van der Waals surface area contributed by atoms with Crippen molar-refractivity contribution in [1.82, 2.24) is 5.32 Å². The average Bonchev–Trinajstić information content (AvgIpc) is 2.57. The van der Waals surface area contributed by atoms with Crippen LogP contribution in [0.25, 0.3) is 5.57 Å². The van der Waals surface area contributed by atoms with Gasteiger partial charge in [0.25, 0.3) is 5.91 Å². The van der Waals surface area contributed by atoms with Crippen molar-refractivity contribution in [2.75, 3.05) is 0 Å². The fraction of sp³-hybridized carbons (Fsp3) is 0.286. The standard InChI is InChI=1S/C14H15NO2/c1-8-4-5-11(9(2)6-8)10(3)12-7-13(16)15-14(12)17/h4-6H,7H2,1-3H3,(H,15,16,17). The number of hydrogen-bond acceptors (Lipinski definition) is 2. The summed E-state index contributed by atoms with van der Waals surface area (Å²) >= 11 is 0. The molecule has 0 radical (unpaired) electrons. The van der Waals surface area contributed by atoms with Gasteiger partial charge in [-0.2, -0.15) is 0 Å². The summed E-state index contributed by atoms with van der Waals surface area (Å²) in [6.45, 7) is 5.94. The van der Waals surface area contributed by atoms with Gasteiger partial charge in [0.1, 0.15) is 0 Å². The maximum Gasteiger partial charge on any atom is 0.254 e. The first kappa shape index (κ1) is 11.6. The second-order valence-electron chi connectivity index (χ2n) is 4.48. The van der Waals surface area contributed by atoms with Gasteiger partial charge in [-0.1, -0.05) is 23.8 Å². The summed E-state index contributed by atoms with van der Waals surface area (Å²) in [5.41, 5.74) is 4.83. The molecule has 1 aromatic rings. The van der Waals surface area contributed by atoms with Crippen LogP contribution in [0.15, 0.2) is 23.8 Å². The second-order valence-corrected chi connectivity index (χ2v) is 4.48. The molecule has 1 N–H and O–H groups in total. The SMILES string of the molecule is CC(=C1CC(=O)NC1=O)c1ccc(C)cc1C. The third-order valence-corrected chi connectivity index (χ3v) is 3.10. The predicted molar refractivity (Wildman–Crippen MR) is 66.3 cm³/mol. The third kappa shape index (κ3) is 2.13. The molecule has 17 heavy (non-hydrogen) atoms. The second kappa shape index (κ2) is 4.17. The van der Waals surface area contributed by atoms with Gasteiger partial charge in [-0.25, -0.2) is 0 Å². The minimum absolute atomic E-state index is 0.192. The number of imide groups is 1. The molecule has 0 unspecified atom stereocenters. The van der Waals surface area contributed by atoms with E-state index in [4.69, 9.17) is 0 Å². The number of benzene rings is 1. The number of aryl methyl sites for hydroxylation is 2. The molecular weight excluding hydrogens is 214 g/mol. The lowest BCUT2D eigenvalue weighted by molar-refractivity contribution is -0.124. The van der Waals surface area contributed by atoms with Crippen LogP contribution in [-0.2, 0) is 9.59 Å². The van der Waals surface area contributed by atoms with Crippen molar-refractivity contribution in [3.05, 3.63) is 40.5 Å². The van der Waals surface area contributed by atoms with E-state index in [9.17, 15) is 9.59 Å². The predicted octanol–water partition coefficient (Wildman–Crippen LogP) is 2.12. The van der Waals surface area contributed by atoms with Gasteiger partial charge >= 0.3 is 0 Å². The molecule has 0 atom stereocenters. The van der Waals surface area contributed by atoms with E-state index in [0.29, 0.717) is 5.57 Å². The molecular formula is C14H15NO2. The molecule has 88 valence electrons. The average molecular weight is 229 g/mol. The molecule has 3 heteroatoms. The maximum absolute atomic E-state index is 11.6. The third-order valence-electron chi connectivity index (χ3n) is 3.10. The number of hydrogen-bond donors (Lipinski definition) is 1. The van der Waals surface area contributed by atoms with Gasteiger partial charge in [0.15, 0.2) is 0 Å². The van der Waals surface area contributed by atoms with E-state index in [0.717, 1.165) is 16.7 Å². The van der Waals surface area contributed by atoms with Crippen molar-refractivity contribution in [3.63, 3.8) is 0 Å². The quantitative estimate of drug-likeness (QED) is 0.592. The van der Waals surface area contributed by atoms with Gasteiger partial charge in [0, 0.05) is 5.57 Å². The van der Waals surface area contributed by atoms with Crippen LogP contribution < -0.4 is 5.32 Å². The zero-order valence-corrected chi connectivity index (χ0v) is 10.3. The Morgan fingerprint density at radius 1 is 1.24 bits per heavy atom. The molecule has 1 aliphatic rings. The number of carbonyl (C=O) groups is 2. The normalized spacial score (nSPS) is 18.3. The molecule has 2 rings (SSSR count). The summed E-state index contributed by atoms with van der Waals surface area (Å²) in [4.78, 5) is 22.8. The summed E-state index contributed by atoms with van der Waals surface area (Å²) in [5.74, 6) is -0.471. The van der Waals surface area contributed by atoms with Crippen LogP contribution in [-0.4, -0.2) is 11.8 Å². The van der Waals surface area contributed by atoms with Crippen molar-refractivity contribution in [1.29, 1.82) is 0 Å². The molecule has 1 aromatic carbocycles. The molecule has 2 amide bonds. The van der Waals surface area contributed by atoms with Gasteiger partial charge in [0.05, 0.1) is 6.42 Å². The van der Waals surface area contributed by atoms with E-state index in [-0.39, 0.29) is 18.2 Å². The summed E-state index contributed by atoms with van der Waals surface area (Å²) in [6, 6.07) is 6.10. The molecule has 0 spiro atoms. The highest BCUT2D eigenvalue weighted by Gasteiger charge is 2.26. The van der Waals surface area contributed by atoms with Gasteiger partial charge in [0.2, 0.25) is 5.91 Å². The van der Waals surface area contributed by atoms with E-state index >= 15 is 0 Å². The Balaban J connectivity index is 2.50. The minimum Gasteiger partial charge on any atom is -0.292 e. The van der Waals surface area contributed by atoms with Crippen LogP contribution in [0.4, 0.5) is 0 Å². The van der Waals surface area contributed by atoms with Crippen molar-refractivity contribution >= 4 is 17.4 Å². The van der Waals surface area contributed by atoms with Crippen LogP contribution in [0.3, 0.4) is 0 Å². The van der Waals surface area contributed by atoms with Gasteiger partial charge in [-0.3, -0.25) is 14.9 Å². The van der Waals surface area contributed by atoms with E-state index in [2.05, 4.69) is 11.4 Å². The molecule has 0 saturated carbocycles. The van der Waals surface area contributed by atoms with E-state index in [1.54, 1.807) is 0 Å². The highest BCUT2D eigenvalue weighted by atomic mass is 16.2. The minimum atomic E-state index is -0.257. The molecule has 0 aliphatic carbocycles. The Hall–Kier alpha value is -1.90. The molecule has 1 fully saturated rings. The molecule has 1 heterocycles. The van der Waals surface area contributed by atoms with Gasteiger partial charge in [-0.15, -0.1) is 0 Å². The first-order valence-corrected chi connectivity index (χ1v) is 5.60. The number of nitrogens with one attached hydrogen (secondary N) is 1. The monoisotopic (exact) mass is 229 g/mol. The molecule has 1 aliphatic heterocycles. The van der Waals surface area contributed by atoms with Crippen LogP contribution in [0.2, 0.25) is 0 Å². The summed E-state index contributed by atoms with van der Waals surface area (Å²) < 4.78 is 0. The lowest BCUT2D eigenvalue weighted by Gasteiger charge is -2.09. The van der Waals surface area contributed by atoms with Crippen LogP contribution in [0, 0.1) is 13.8 Å². The Morgan fingerprint density at radius 3 is 2.47 bits per heavy atom. The number of allylic oxidation sites excluding steroid dienone is 1. The first-order valence-electron chi connectivity index (χ1n) is 5.60. The molecule has 3 nitrogen and oxygen atoms in total. The molecule has 0 bridgehead atoms. The summed E-state index contributed by atoms with van der Waals surface area (Å²) in [5, 5.41) is 2.31. The highest BCUT2D eigenvalue weighted by Crippen LogP contribution is 2.26. The lowest BCUT2D eigenvalue weighted by atomic mass is 9.95. The Bertz CT molecular complexity index is 541. The largest absolute Gasteiger partial charge is 0.292 e. The topological polar surface area (TPSA) is 46.2 Å². The zero-order valence-electron chi connectivity index (χ0n) is 10.3. The highest BCUT2D eigenvalue weighted by molar-refractivity contribution is 6.17. The van der Waals surface area contributed by atoms with Crippen molar-refractivity contribution < 1.29 is 9.59 Å². The van der Waals surface area contributed by atoms with Gasteiger partial charge < -0.3 is 0 Å². The maximum atomic E-state index is 11.6. The smallest absolute Gasteiger partial charge is 0.254 e. The van der Waals surface area contributed by atoms with Crippen molar-refractivity contribution in [2.24, 2.45) is 0 Å². The summed E-state index contributed by atoms with van der Waals surface area (Å²) in [6.07, 6.45) is 0.192. The van der Waals surface area contributed by atoms with E-state index < -0.39 is 0 Å².